The van der Waals surface area contributed by atoms with Gasteiger partial charge in [0.1, 0.15) is 0 Å². The van der Waals surface area contributed by atoms with Crippen molar-refractivity contribution in [3.05, 3.63) is 0 Å². The van der Waals surface area contributed by atoms with E-state index < -0.39 is 21.9 Å². The summed E-state index contributed by atoms with van der Waals surface area (Å²) in [5.74, 6) is -0.977. The second-order valence-electron chi connectivity index (χ2n) is 6.00. The molecule has 0 spiro atoms. The summed E-state index contributed by atoms with van der Waals surface area (Å²) < 4.78 is 33.9. The molecule has 20 heavy (non-hydrogen) atoms. The summed E-state index contributed by atoms with van der Waals surface area (Å²) in [5, 5.41) is 0. The van der Waals surface area contributed by atoms with Crippen molar-refractivity contribution >= 4 is 16.1 Å². The van der Waals surface area contributed by atoms with Crippen LogP contribution in [0.1, 0.15) is 32.6 Å². The summed E-state index contributed by atoms with van der Waals surface area (Å²) in [6.07, 6.45) is 3.80. The molecule has 5 nitrogen and oxygen atoms in total. The number of rotatable bonds is 5. The summed E-state index contributed by atoms with van der Waals surface area (Å²) in [7, 11) is -4.49. The number of nitrogens with zero attached hydrogens (tertiary/aromatic N) is 2. The monoisotopic (exact) mass is 306 g/mol. The summed E-state index contributed by atoms with van der Waals surface area (Å²) in [6, 6.07) is 0.545. The highest BCUT2D eigenvalue weighted by molar-refractivity contribution is 7.86. The van der Waals surface area contributed by atoms with E-state index in [1.807, 2.05) is 0 Å². The Kier molecular flexibility index (Phi) is 5.01. The number of halogens is 1. The minimum absolute atomic E-state index is 0.0525. The van der Waals surface area contributed by atoms with Crippen LogP contribution in [0.15, 0.2) is 0 Å². The van der Waals surface area contributed by atoms with Crippen molar-refractivity contribution in [2.75, 3.05) is 31.9 Å². The molecule has 2 atom stereocenters. The van der Waals surface area contributed by atoms with E-state index in [0.717, 1.165) is 13.1 Å². The minimum Gasteiger partial charge on any atom is -0.341 e. The Morgan fingerprint density at radius 1 is 1.30 bits per heavy atom. The minimum atomic E-state index is -4.49. The fraction of sp³-hybridized carbons (Fsp3) is 0.923. The molecular weight excluding hydrogens is 283 g/mol. The highest BCUT2D eigenvalue weighted by Crippen LogP contribution is 2.21. The average Bonchev–Trinajstić information content (AvgIpc) is 2.66. The maximum atomic E-state index is 12.7. The van der Waals surface area contributed by atoms with E-state index >= 15 is 0 Å². The molecule has 0 aromatic rings. The molecule has 2 saturated heterocycles. The van der Waals surface area contributed by atoms with Crippen LogP contribution in [0.4, 0.5) is 3.89 Å². The number of piperidine rings is 1. The Hall–Kier alpha value is -0.690. The average molecular weight is 306 g/mol. The molecule has 0 N–H and O–H groups in total. The SMILES string of the molecule is CC1CCCCN1CCN1CC(CS(=O)(=O)F)CC1=O. The third-order valence-electron chi connectivity index (χ3n) is 4.33. The third kappa shape index (κ3) is 4.41. The maximum absolute atomic E-state index is 12.7. The molecule has 2 fully saturated rings. The highest BCUT2D eigenvalue weighted by Gasteiger charge is 2.33. The molecule has 2 rings (SSSR count). The number of carbonyl (C=O) groups excluding carboxylic acids is 1. The predicted octanol–water partition coefficient (Wildman–Crippen LogP) is 1.01. The Morgan fingerprint density at radius 3 is 2.70 bits per heavy atom. The topological polar surface area (TPSA) is 57.7 Å². The van der Waals surface area contributed by atoms with Gasteiger partial charge in [0.25, 0.3) is 0 Å². The van der Waals surface area contributed by atoms with Gasteiger partial charge in [0.15, 0.2) is 0 Å². The first kappa shape index (κ1) is 15.7. The van der Waals surface area contributed by atoms with Gasteiger partial charge in [-0.05, 0) is 26.3 Å². The molecule has 7 heteroatoms. The summed E-state index contributed by atoms with van der Waals surface area (Å²) in [5.41, 5.74) is 0. The van der Waals surface area contributed by atoms with Crippen LogP contribution in [-0.2, 0) is 15.0 Å². The fourth-order valence-corrected chi connectivity index (χ4v) is 3.99. The second kappa shape index (κ2) is 6.39. The molecule has 2 aliphatic rings. The fourth-order valence-electron chi connectivity index (χ4n) is 3.20. The van der Waals surface area contributed by atoms with Crippen molar-refractivity contribution in [3.8, 4) is 0 Å². The van der Waals surface area contributed by atoms with E-state index in [2.05, 4.69) is 11.8 Å². The number of hydrogen-bond donors (Lipinski definition) is 0. The molecule has 0 bridgehead atoms. The van der Waals surface area contributed by atoms with Crippen molar-refractivity contribution in [3.63, 3.8) is 0 Å². The molecule has 116 valence electrons. The van der Waals surface area contributed by atoms with E-state index in [4.69, 9.17) is 0 Å². The van der Waals surface area contributed by atoms with Crippen molar-refractivity contribution in [2.45, 2.75) is 38.6 Å². The maximum Gasteiger partial charge on any atom is 0.302 e. The van der Waals surface area contributed by atoms with Crippen LogP contribution in [0.25, 0.3) is 0 Å². The van der Waals surface area contributed by atoms with E-state index in [1.54, 1.807) is 4.90 Å². The zero-order valence-electron chi connectivity index (χ0n) is 11.9. The smallest absolute Gasteiger partial charge is 0.302 e. The van der Waals surface area contributed by atoms with Crippen LogP contribution in [0.3, 0.4) is 0 Å². The van der Waals surface area contributed by atoms with Crippen molar-refractivity contribution < 1.29 is 17.1 Å². The summed E-state index contributed by atoms with van der Waals surface area (Å²) >= 11 is 0. The number of carbonyl (C=O) groups is 1. The molecule has 2 unspecified atom stereocenters. The predicted molar refractivity (Wildman–Crippen MR) is 74.5 cm³/mol. The quantitative estimate of drug-likeness (QED) is 0.711. The molecule has 1 amide bonds. The molecule has 2 heterocycles. The van der Waals surface area contributed by atoms with Gasteiger partial charge < -0.3 is 4.90 Å². The molecule has 2 aliphatic heterocycles. The van der Waals surface area contributed by atoms with E-state index in [9.17, 15) is 17.1 Å². The first-order valence-corrected chi connectivity index (χ1v) is 8.84. The van der Waals surface area contributed by atoms with Gasteiger partial charge in [0, 0.05) is 38.0 Å². The first-order valence-electron chi connectivity index (χ1n) is 7.29. The van der Waals surface area contributed by atoms with Crippen LogP contribution >= 0.6 is 0 Å². The van der Waals surface area contributed by atoms with Crippen LogP contribution in [-0.4, -0.2) is 62.1 Å². The van der Waals surface area contributed by atoms with E-state index in [-0.39, 0.29) is 12.3 Å². The Bertz CT molecular complexity index is 455. The highest BCUT2D eigenvalue weighted by atomic mass is 32.3. The van der Waals surface area contributed by atoms with Crippen molar-refractivity contribution in [1.82, 2.24) is 9.80 Å². The Labute approximate surface area is 120 Å². The van der Waals surface area contributed by atoms with Crippen LogP contribution < -0.4 is 0 Å². The van der Waals surface area contributed by atoms with E-state index in [0.29, 0.717) is 19.1 Å². The molecule has 0 aliphatic carbocycles. The standard InChI is InChI=1S/C13H23FN2O3S/c1-11-4-2-3-5-15(11)6-7-16-9-12(8-13(16)17)10-20(14,18)19/h11-12H,2-10H2,1H3. The number of likely N-dealkylation sites (tertiary alicyclic amines) is 2. The van der Waals surface area contributed by atoms with Crippen LogP contribution in [0.5, 0.6) is 0 Å². The zero-order valence-corrected chi connectivity index (χ0v) is 12.7. The largest absolute Gasteiger partial charge is 0.341 e. The molecular formula is C13H23FN2O3S. The van der Waals surface area contributed by atoms with Gasteiger partial charge >= 0.3 is 10.2 Å². The molecule has 0 saturated carbocycles. The van der Waals surface area contributed by atoms with Gasteiger partial charge in [-0.25, -0.2) is 0 Å². The molecule has 0 radical (unpaired) electrons. The lowest BCUT2D eigenvalue weighted by Gasteiger charge is -2.34. The number of amides is 1. The van der Waals surface area contributed by atoms with Crippen LogP contribution in [0, 0.1) is 5.92 Å². The van der Waals surface area contributed by atoms with Gasteiger partial charge in [-0.2, -0.15) is 8.42 Å². The van der Waals surface area contributed by atoms with Gasteiger partial charge in [-0.3, -0.25) is 9.69 Å². The van der Waals surface area contributed by atoms with Crippen molar-refractivity contribution in [2.24, 2.45) is 5.92 Å². The van der Waals surface area contributed by atoms with Gasteiger partial charge in [-0.15, -0.1) is 3.89 Å². The third-order valence-corrected chi connectivity index (χ3v) is 5.20. The summed E-state index contributed by atoms with van der Waals surface area (Å²) in [6.45, 7) is 5.06. The zero-order chi connectivity index (χ0) is 14.8. The number of hydrogen-bond acceptors (Lipinski definition) is 4. The van der Waals surface area contributed by atoms with Gasteiger partial charge in [0.05, 0.1) is 5.75 Å². The second-order valence-corrected chi connectivity index (χ2v) is 7.41. The Balaban J connectivity index is 1.80. The first-order chi connectivity index (χ1) is 9.35. The van der Waals surface area contributed by atoms with Crippen molar-refractivity contribution in [1.29, 1.82) is 0 Å². The van der Waals surface area contributed by atoms with E-state index in [1.165, 1.54) is 19.3 Å². The lowest BCUT2D eigenvalue weighted by molar-refractivity contribution is -0.128. The lowest BCUT2D eigenvalue weighted by Crippen LogP contribution is -2.43. The van der Waals surface area contributed by atoms with Gasteiger partial charge in [0.2, 0.25) is 5.91 Å². The van der Waals surface area contributed by atoms with Gasteiger partial charge in [-0.1, -0.05) is 6.42 Å². The van der Waals surface area contributed by atoms with Crippen LogP contribution in [0.2, 0.25) is 0 Å². The summed E-state index contributed by atoms with van der Waals surface area (Å²) in [4.78, 5) is 15.9. The Morgan fingerprint density at radius 2 is 2.05 bits per heavy atom. The molecule has 0 aromatic heterocycles. The lowest BCUT2D eigenvalue weighted by atomic mass is 10.0. The normalized spacial score (nSPS) is 29.1. The molecule has 0 aromatic carbocycles.